The van der Waals surface area contributed by atoms with Crippen molar-refractivity contribution in [3.8, 4) is 0 Å². The number of nitro benzene ring substituents is 1. The average molecular weight is 221 g/mol. The van der Waals surface area contributed by atoms with E-state index in [0.717, 1.165) is 0 Å². The summed E-state index contributed by atoms with van der Waals surface area (Å²) >= 11 is 0. The number of nitrogens with zero attached hydrogens (tertiary/aromatic N) is 3. The number of imidazole rings is 1. The van der Waals surface area contributed by atoms with Gasteiger partial charge >= 0.3 is 11.7 Å². The smallest absolute Gasteiger partial charge is 0.342 e. The third kappa shape index (κ3) is 1.29. The van der Waals surface area contributed by atoms with Gasteiger partial charge in [-0.1, -0.05) is 0 Å². The van der Waals surface area contributed by atoms with Crippen LogP contribution in [0, 0.1) is 10.1 Å². The monoisotopic (exact) mass is 221 g/mol. The van der Waals surface area contributed by atoms with Crippen LogP contribution in [0.5, 0.6) is 0 Å². The van der Waals surface area contributed by atoms with Gasteiger partial charge in [0, 0.05) is 7.05 Å². The van der Waals surface area contributed by atoms with Gasteiger partial charge in [-0.3, -0.25) is 10.1 Å². The molecule has 7 nitrogen and oxygen atoms in total. The van der Waals surface area contributed by atoms with Crippen molar-refractivity contribution >= 4 is 22.7 Å². The van der Waals surface area contributed by atoms with Crippen molar-refractivity contribution in [2.45, 2.75) is 0 Å². The topological polar surface area (TPSA) is 98.3 Å². The summed E-state index contributed by atoms with van der Waals surface area (Å²) in [6.07, 6.45) is 1.41. The average Bonchev–Trinajstić information content (AvgIpc) is 2.59. The molecule has 0 aliphatic carbocycles. The molecule has 0 bridgehead atoms. The van der Waals surface area contributed by atoms with Crippen LogP contribution in [0.1, 0.15) is 10.4 Å². The third-order valence-corrected chi connectivity index (χ3v) is 2.27. The molecule has 0 saturated heterocycles. The lowest BCUT2D eigenvalue weighted by atomic mass is 10.1. The molecule has 2 rings (SSSR count). The maximum absolute atomic E-state index is 10.9. The number of carboxylic acids is 1. The second-order valence-electron chi connectivity index (χ2n) is 3.25. The molecular formula is C9H7N3O4. The molecule has 0 aliphatic rings. The first-order valence-corrected chi connectivity index (χ1v) is 4.34. The van der Waals surface area contributed by atoms with Crippen molar-refractivity contribution in [2.75, 3.05) is 0 Å². The van der Waals surface area contributed by atoms with E-state index < -0.39 is 16.6 Å². The standard InChI is InChI=1S/C9H7N3O4/c1-11-4-10-6-3-2-5(9(13)14)7(8(6)11)12(15)16/h2-4H,1H3,(H,13,14). The predicted molar refractivity (Wildman–Crippen MR) is 54.3 cm³/mol. The van der Waals surface area contributed by atoms with Gasteiger partial charge in [-0.05, 0) is 12.1 Å². The molecule has 82 valence electrons. The highest BCUT2D eigenvalue weighted by Gasteiger charge is 2.25. The summed E-state index contributed by atoms with van der Waals surface area (Å²) in [5.74, 6) is -1.32. The normalized spacial score (nSPS) is 10.6. The highest BCUT2D eigenvalue weighted by Crippen LogP contribution is 2.28. The fourth-order valence-corrected chi connectivity index (χ4v) is 1.58. The van der Waals surface area contributed by atoms with Gasteiger partial charge in [0.25, 0.3) is 0 Å². The van der Waals surface area contributed by atoms with E-state index in [2.05, 4.69) is 4.98 Å². The molecule has 0 spiro atoms. The number of benzene rings is 1. The van der Waals surface area contributed by atoms with Crippen LogP contribution < -0.4 is 0 Å². The molecule has 0 unspecified atom stereocenters. The Bertz CT molecular complexity index is 602. The van der Waals surface area contributed by atoms with Crippen molar-refractivity contribution in [1.29, 1.82) is 0 Å². The number of aromatic nitrogens is 2. The van der Waals surface area contributed by atoms with E-state index in [1.165, 1.54) is 23.0 Å². The van der Waals surface area contributed by atoms with Crippen LogP contribution in [0.2, 0.25) is 0 Å². The van der Waals surface area contributed by atoms with Crippen LogP contribution in [0.3, 0.4) is 0 Å². The third-order valence-electron chi connectivity index (χ3n) is 2.27. The maximum Gasteiger partial charge on any atom is 0.342 e. The molecule has 2 aromatic rings. The number of rotatable bonds is 2. The van der Waals surface area contributed by atoms with Crippen molar-refractivity contribution in [2.24, 2.45) is 7.05 Å². The van der Waals surface area contributed by atoms with Gasteiger partial charge < -0.3 is 9.67 Å². The summed E-state index contributed by atoms with van der Waals surface area (Å²) in [5, 5.41) is 19.8. The Hall–Kier alpha value is -2.44. The summed E-state index contributed by atoms with van der Waals surface area (Å²) in [7, 11) is 1.58. The summed E-state index contributed by atoms with van der Waals surface area (Å²) in [4.78, 5) is 25.0. The fourth-order valence-electron chi connectivity index (χ4n) is 1.58. The van der Waals surface area contributed by atoms with Crippen LogP contribution >= 0.6 is 0 Å². The molecule has 0 amide bonds. The van der Waals surface area contributed by atoms with E-state index in [1.807, 2.05) is 0 Å². The Labute approximate surface area is 89.1 Å². The van der Waals surface area contributed by atoms with Crippen molar-refractivity contribution in [3.63, 3.8) is 0 Å². The Morgan fingerprint density at radius 2 is 2.25 bits per heavy atom. The molecule has 16 heavy (non-hydrogen) atoms. The predicted octanol–water partition coefficient (Wildman–Crippen LogP) is 1.18. The highest BCUT2D eigenvalue weighted by molar-refractivity contribution is 6.00. The highest BCUT2D eigenvalue weighted by atomic mass is 16.6. The van der Waals surface area contributed by atoms with Crippen LogP contribution in [0.25, 0.3) is 11.0 Å². The molecule has 7 heteroatoms. The van der Waals surface area contributed by atoms with E-state index in [-0.39, 0.29) is 11.1 Å². The van der Waals surface area contributed by atoms with Crippen molar-refractivity contribution in [3.05, 3.63) is 34.1 Å². The first-order chi connectivity index (χ1) is 7.52. The second kappa shape index (κ2) is 3.30. The van der Waals surface area contributed by atoms with E-state index in [9.17, 15) is 14.9 Å². The lowest BCUT2D eigenvalue weighted by Gasteiger charge is -2.00. The Morgan fingerprint density at radius 1 is 1.56 bits per heavy atom. The maximum atomic E-state index is 10.9. The number of fused-ring (bicyclic) bond motifs is 1. The van der Waals surface area contributed by atoms with Crippen LogP contribution in [-0.2, 0) is 7.05 Å². The van der Waals surface area contributed by atoms with Gasteiger partial charge in [-0.15, -0.1) is 0 Å². The lowest BCUT2D eigenvalue weighted by Crippen LogP contribution is -2.04. The SMILES string of the molecule is Cn1cnc2ccc(C(=O)O)c([N+](=O)[O-])c21. The van der Waals surface area contributed by atoms with Crippen molar-refractivity contribution in [1.82, 2.24) is 9.55 Å². The van der Waals surface area contributed by atoms with Gasteiger partial charge in [0.1, 0.15) is 11.1 Å². The number of carboxylic acid groups (broad SMARTS) is 1. The number of aromatic carboxylic acids is 1. The molecule has 1 N–H and O–H groups in total. The molecule has 1 aromatic carbocycles. The van der Waals surface area contributed by atoms with Crippen LogP contribution in [0.15, 0.2) is 18.5 Å². The quantitative estimate of drug-likeness (QED) is 0.606. The minimum absolute atomic E-state index is 0.213. The van der Waals surface area contributed by atoms with Gasteiger partial charge in [0.2, 0.25) is 0 Å². The Morgan fingerprint density at radius 3 is 2.81 bits per heavy atom. The number of aryl methyl sites for hydroxylation is 1. The molecule has 1 heterocycles. The lowest BCUT2D eigenvalue weighted by molar-refractivity contribution is -0.383. The van der Waals surface area contributed by atoms with E-state index in [0.29, 0.717) is 5.52 Å². The van der Waals surface area contributed by atoms with Gasteiger partial charge in [0.15, 0.2) is 0 Å². The molecule has 1 aromatic heterocycles. The largest absolute Gasteiger partial charge is 0.477 e. The molecule has 0 atom stereocenters. The number of carbonyl (C=O) groups is 1. The molecule has 0 aliphatic heterocycles. The number of hydrogen-bond donors (Lipinski definition) is 1. The minimum atomic E-state index is -1.32. The summed E-state index contributed by atoms with van der Waals surface area (Å²) < 4.78 is 1.43. The second-order valence-corrected chi connectivity index (χ2v) is 3.25. The van der Waals surface area contributed by atoms with Gasteiger partial charge in [-0.25, -0.2) is 9.78 Å². The minimum Gasteiger partial charge on any atom is -0.477 e. The number of hydrogen-bond acceptors (Lipinski definition) is 4. The Balaban J connectivity index is 2.94. The van der Waals surface area contributed by atoms with E-state index in [1.54, 1.807) is 7.05 Å². The van der Waals surface area contributed by atoms with E-state index in [4.69, 9.17) is 5.11 Å². The van der Waals surface area contributed by atoms with Crippen LogP contribution in [0.4, 0.5) is 5.69 Å². The zero-order valence-electron chi connectivity index (χ0n) is 8.25. The molecule has 0 fully saturated rings. The summed E-state index contributed by atoms with van der Waals surface area (Å²) in [6, 6.07) is 2.64. The van der Waals surface area contributed by atoms with Gasteiger partial charge in [-0.2, -0.15) is 0 Å². The molecule has 0 radical (unpaired) electrons. The van der Waals surface area contributed by atoms with Crippen molar-refractivity contribution < 1.29 is 14.8 Å². The first-order valence-electron chi connectivity index (χ1n) is 4.34. The summed E-state index contributed by atoms with van der Waals surface area (Å²) in [6.45, 7) is 0. The first kappa shape index (κ1) is 10.1. The van der Waals surface area contributed by atoms with E-state index >= 15 is 0 Å². The zero-order valence-corrected chi connectivity index (χ0v) is 8.25. The van der Waals surface area contributed by atoms with Gasteiger partial charge in [0.05, 0.1) is 16.8 Å². The zero-order chi connectivity index (χ0) is 11.9. The molecular weight excluding hydrogens is 214 g/mol. The summed E-state index contributed by atoms with van der Waals surface area (Å²) in [5.41, 5.74) is -0.143. The fraction of sp³-hybridized carbons (Fsp3) is 0.111. The van der Waals surface area contributed by atoms with Crippen LogP contribution in [-0.4, -0.2) is 25.6 Å². The Kier molecular flexibility index (Phi) is 2.08. The molecule has 0 saturated carbocycles. The number of nitro groups is 1.